The van der Waals surface area contributed by atoms with Gasteiger partial charge in [-0.1, -0.05) is 61.2 Å². The van der Waals surface area contributed by atoms with Crippen molar-refractivity contribution in [2.24, 2.45) is 0 Å². The Hall–Kier alpha value is -3.22. The summed E-state index contributed by atoms with van der Waals surface area (Å²) in [6.45, 7) is 6.08. The molecule has 26 heavy (non-hydrogen) atoms. The summed E-state index contributed by atoms with van der Waals surface area (Å²) in [5.74, 6) is 0. The van der Waals surface area contributed by atoms with Gasteiger partial charge in [-0.25, -0.2) is 0 Å². The number of hydrogen-bond acceptors (Lipinski definition) is 2. The molecule has 2 nitrogen and oxygen atoms in total. The summed E-state index contributed by atoms with van der Waals surface area (Å²) in [6.07, 6.45) is 0. The first-order chi connectivity index (χ1) is 12.6. The Labute approximate surface area is 153 Å². The van der Waals surface area contributed by atoms with Crippen molar-refractivity contribution in [2.75, 3.05) is 0 Å². The van der Waals surface area contributed by atoms with Crippen LogP contribution in [0.15, 0.2) is 73.3 Å². The molecular weight excluding hydrogens is 323 g/mol. The lowest BCUT2D eigenvalue weighted by Crippen LogP contribution is -1.98. The SMILES string of the molecule is C=C(C)c1cc(-c2ccc(-c3ccc(CNF)cc3)cc2)ccc1C#N. The van der Waals surface area contributed by atoms with E-state index in [4.69, 9.17) is 0 Å². The Morgan fingerprint density at radius 3 is 1.92 bits per heavy atom. The molecule has 0 aliphatic heterocycles. The molecular formula is C23H19FN2. The monoisotopic (exact) mass is 342 g/mol. The number of hydrogen-bond donors (Lipinski definition) is 1. The third-order valence-corrected chi connectivity index (χ3v) is 4.38. The van der Waals surface area contributed by atoms with Gasteiger partial charge in [-0.3, -0.25) is 0 Å². The largest absolute Gasteiger partial charge is 0.192 e. The summed E-state index contributed by atoms with van der Waals surface area (Å²) in [7, 11) is 0. The molecule has 128 valence electrons. The van der Waals surface area contributed by atoms with E-state index in [0.717, 1.165) is 39.0 Å². The quantitative estimate of drug-likeness (QED) is 0.586. The maximum Gasteiger partial charge on any atom is 0.0998 e. The van der Waals surface area contributed by atoms with Gasteiger partial charge >= 0.3 is 0 Å². The molecule has 0 saturated carbocycles. The number of nitrogens with zero attached hydrogens (tertiary/aromatic N) is 1. The standard InChI is InChI=1S/C23H19FN2/c1-16(2)23-13-21(11-12-22(23)14-25)20-9-7-19(8-10-20)18-5-3-17(4-6-18)15-26-24/h3-13,26H,1,15H2,2H3. The van der Waals surface area contributed by atoms with E-state index in [1.165, 1.54) is 0 Å². The molecule has 0 atom stereocenters. The predicted octanol–water partition coefficient (Wildman–Crippen LogP) is 5.90. The van der Waals surface area contributed by atoms with Crippen molar-refractivity contribution in [1.29, 1.82) is 5.26 Å². The van der Waals surface area contributed by atoms with Crippen LogP contribution in [0, 0.1) is 11.3 Å². The molecule has 3 aromatic carbocycles. The number of benzene rings is 3. The fourth-order valence-corrected chi connectivity index (χ4v) is 2.92. The number of halogens is 1. The summed E-state index contributed by atoms with van der Waals surface area (Å²) in [5.41, 5.74) is 9.28. The van der Waals surface area contributed by atoms with E-state index >= 15 is 0 Å². The Balaban J connectivity index is 1.89. The molecule has 0 aliphatic carbocycles. The summed E-state index contributed by atoms with van der Waals surface area (Å²) in [6, 6.07) is 24.1. The van der Waals surface area contributed by atoms with Gasteiger partial charge in [0.15, 0.2) is 0 Å². The molecule has 0 saturated heterocycles. The molecule has 0 amide bonds. The van der Waals surface area contributed by atoms with Crippen LogP contribution in [0.4, 0.5) is 4.48 Å². The van der Waals surface area contributed by atoms with Crippen molar-refractivity contribution < 1.29 is 4.48 Å². The van der Waals surface area contributed by atoms with Crippen LogP contribution in [0.3, 0.4) is 0 Å². The van der Waals surface area contributed by atoms with Gasteiger partial charge < -0.3 is 0 Å². The molecule has 0 spiro atoms. The van der Waals surface area contributed by atoms with Gasteiger partial charge in [0, 0.05) is 0 Å². The number of nitrogens with one attached hydrogen (secondary N) is 1. The van der Waals surface area contributed by atoms with E-state index in [1.807, 2.05) is 49.4 Å². The van der Waals surface area contributed by atoms with Crippen LogP contribution < -0.4 is 5.54 Å². The van der Waals surface area contributed by atoms with Crippen molar-refractivity contribution in [3.8, 4) is 28.3 Å². The first kappa shape index (κ1) is 17.6. The third-order valence-electron chi connectivity index (χ3n) is 4.38. The molecule has 0 aliphatic rings. The summed E-state index contributed by atoms with van der Waals surface area (Å²) in [4.78, 5) is 0. The highest BCUT2D eigenvalue weighted by molar-refractivity contribution is 5.76. The molecule has 1 N–H and O–H groups in total. The van der Waals surface area contributed by atoms with E-state index in [2.05, 4.69) is 36.9 Å². The van der Waals surface area contributed by atoms with E-state index in [-0.39, 0.29) is 6.54 Å². The average Bonchev–Trinajstić information content (AvgIpc) is 2.68. The maximum atomic E-state index is 12.2. The molecule has 0 fully saturated rings. The normalized spacial score (nSPS) is 10.3. The summed E-state index contributed by atoms with van der Waals surface area (Å²) >= 11 is 0. The van der Waals surface area contributed by atoms with Crippen molar-refractivity contribution in [1.82, 2.24) is 5.54 Å². The minimum absolute atomic E-state index is 0.211. The van der Waals surface area contributed by atoms with Gasteiger partial charge in [-0.15, -0.1) is 4.48 Å². The minimum atomic E-state index is 0.211. The topological polar surface area (TPSA) is 35.8 Å². The van der Waals surface area contributed by atoms with Gasteiger partial charge in [-0.05, 0) is 58.0 Å². The predicted molar refractivity (Wildman–Crippen MR) is 105 cm³/mol. The van der Waals surface area contributed by atoms with Crippen LogP contribution in [0.1, 0.15) is 23.6 Å². The second-order valence-corrected chi connectivity index (χ2v) is 6.24. The molecule has 0 bridgehead atoms. The zero-order chi connectivity index (χ0) is 18.5. The van der Waals surface area contributed by atoms with Crippen molar-refractivity contribution in [3.63, 3.8) is 0 Å². The lowest BCUT2D eigenvalue weighted by molar-refractivity contribution is 0.330. The Morgan fingerprint density at radius 2 is 1.42 bits per heavy atom. The van der Waals surface area contributed by atoms with Crippen LogP contribution in [-0.4, -0.2) is 0 Å². The van der Waals surface area contributed by atoms with Gasteiger partial charge in [0.2, 0.25) is 0 Å². The van der Waals surface area contributed by atoms with Gasteiger partial charge in [0.05, 0.1) is 18.2 Å². The number of rotatable bonds is 5. The van der Waals surface area contributed by atoms with E-state index < -0.39 is 0 Å². The van der Waals surface area contributed by atoms with Crippen LogP contribution in [-0.2, 0) is 6.54 Å². The molecule has 3 heteroatoms. The lowest BCUT2D eigenvalue weighted by Gasteiger charge is -2.09. The van der Waals surface area contributed by atoms with Crippen molar-refractivity contribution in [2.45, 2.75) is 13.5 Å². The van der Waals surface area contributed by atoms with Gasteiger partial charge in [0.1, 0.15) is 0 Å². The van der Waals surface area contributed by atoms with Crippen molar-refractivity contribution >= 4 is 5.57 Å². The first-order valence-electron chi connectivity index (χ1n) is 8.35. The van der Waals surface area contributed by atoms with E-state index in [9.17, 15) is 9.74 Å². The third kappa shape index (κ3) is 3.72. The molecule has 3 rings (SSSR count). The Kier molecular flexibility index (Phi) is 5.26. The smallest absolute Gasteiger partial charge is 0.0998 e. The number of allylic oxidation sites excluding steroid dienone is 1. The van der Waals surface area contributed by atoms with Crippen LogP contribution >= 0.6 is 0 Å². The van der Waals surface area contributed by atoms with Gasteiger partial charge in [-0.2, -0.15) is 10.8 Å². The molecule has 0 heterocycles. The summed E-state index contributed by atoms with van der Waals surface area (Å²) in [5, 5.41) is 9.23. The first-order valence-corrected chi connectivity index (χ1v) is 8.35. The Morgan fingerprint density at radius 1 is 0.923 bits per heavy atom. The second kappa shape index (κ2) is 7.77. The highest BCUT2D eigenvalue weighted by atomic mass is 19.2. The van der Waals surface area contributed by atoms with Crippen LogP contribution in [0.5, 0.6) is 0 Å². The van der Waals surface area contributed by atoms with Crippen LogP contribution in [0.25, 0.3) is 27.8 Å². The molecule has 3 aromatic rings. The maximum absolute atomic E-state index is 12.2. The zero-order valence-corrected chi connectivity index (χ0v) is 14.6. The Bertz CT molecular complexity index is 965. The summed E-state index contributed by atoms with van der Waals surface area (Å²) < 4.78 is 12.2. The zero-order valence-electron chi connectivity index (χ0n) is 14.6. The number of nitriles is 1. The molecule has 0 aromatic heterocycles. The second-order valence-electron chi connectivity index (χ2n) is 6.24. The minimum Gasteiger partial charge on any atom is -0.192 e. The fraction of sp³-hybridized carbons (Fsp3) is 0.0870. The average molecular weight is 342 g/mol. The van der Waals surface area contributed by atoms with Crippen molar-refractivity contribution in [3.05, 3.63) is 90.0 Å². The molecule has 0 radical (unpaired) electrons. The fourth-order valence-electron chi connectivity index (χ4n) is 2.92. The van der Waals surface area contributed by atoms with E-state index in [1.54, 1.807) is 5.54 Å². The lowest BCUT2D eigenvalue weighted by atomic mass is 9.95. The highest BCUT2D eigenvalue weighted by Crippen LogP contribution is 2.28. The van der Waals surface area contributed by atoms with Crippen LogP contribution in [0.2, 0.25) is 0 Å². The highest BCUT2D eigenvalue weighted by Gasteiger charge is 2.06. The van der Waals surface area contributed by atoms with Gasteiger partial charge in [0.25, 0.3) is 0 Å². The molecule has 0 unspecified atom stereocenters. The van der Waals surface area contributed by atoms with E-state index in [0.29, 0.717) is 5.56 Å².